The van der Waals surface area contributed by atoms with E-state index in [1.54, 1.807) is 0 Å². The Morgan fingerprint density at radius 1 is 0.621 bits per heavy atom. The molecular weight excluding hydrogens is 372 g/mol. The number of aliphatic hydroxyl groups excluding tert-OH is 2. The lowest BCUT2D eigenvalue weighted by Crippen LogP contribution is -2.11. The highest BCUT2D eigenvalue weighted by Gasteiger charge is 2.09. The Morgan fingerprint density at radius 3 is 1.38 bits per heavy atom. The zero-order valence-electron chi connectivity index (χ0n) is 18.7. The molecule has 0 radical (unpaired) electrons. The Morgan fingerprint density at radius 2 is 1.00 bits per heavy atom. The highest BCUT2D eigenvalue weighted by Crippen LogP contribution is 2.10. The number of unbranched alkanes of at least 4 members (excludes halogenated alkanes) is 4. The summed E-state index contributed by atoms with van der Waals surface area (Å²) in [6.45, 7) is 4.95. The van der Waals surface area contributed by atoms with Crippen LogP contribution in [-0.4, -0.2) is 47.6 Å². The summed E-state index contributed by atoms with van der Waals surface area (Å²) in [5.74, 6) is -0.573. The maximum atomic E-state index is 11.7. The quantitative estimate of drug-likeness (QED) is 0.221. The fraction of sp³-hybridized carbons (Fsp3) is 0.913. The van der Waals surface area contributed by atoms with Gasteiger partial charge in [0.2, 0.25) is 0 Å². The van der Waals surface area contributed by atoms with Gasteiger partial charge in [0, 0.05) is 12.8 Å². The Labute approximate surface area is 177 Å². The maximum Gasteiger partial charge on any atom is 0.305 e. The smallest absolute Gasteiger partial charge is 0.305 e. The zero-order chi connectivity index (χ0) is 21.7. The van der Waals surface area contributed by atoms with Gasteiger partial charge < -0.3 is 19.7 Å². The lowest BCUT2D eigenvalue weighted by atomic mass is 10.1. The molecule has 0 aromatic rings. The summed E-state index contributed by atoms with van der Waals surface area (Å²) >= 11 is 0. The van der Waals surface area contributed by atoms with Crippen molar-refractivity contribution in [1.29, 1.82) is 0 Å². The Bertz CT molecular complexity index is 363. The lowest BCUT2D eigenvalue weighted by Gasteiger charge is -2.10. The highest BCUT2D eigenvalue weighted by molar-refractivity contribution is 5.72. The Hall–Kier alpha value is -1.14. The fourth-order valence-electron chi connectivity index (χ4n) is 3.03. The number of rotatable bonds is 20. The molecule has 172 valence electrons. The van der Waals surface area contributed by atoms with Crippen molar-refractivity contribution in [3.63, 3.8) is 0 Å². The predicted octanol–water partition coefficient (Wildman–Crippen LogP) is 4.69. The van der Waals surface area contributed by atoms with E-state index < -0.39 is 0 Å². The molecule has 0 saturated carbocycles. The van der Waals surface area contributed by atoms with Gasteiger partial charge in [0.05, 0.1) is 25.4 Å². The molecule has 6 nitrogen and oxygen atoms in total. The summed E-state index contributed by atoms with van der Waals surface area (Å²) in [5, 5.41) is 19.5. The van der Waals surface area contributed by atoms with Gasteiger partial charge in [0.15, 0.2) is 0 Å². The second-order valence-electron chi connectivity index (χ2n) is 7.88. The average Bonchev–Trinajstić information content (AvgIpc) is 2.70. The summed E-state index contributed by atoms with van der Waals surface area (Å²) < 4.78 is 10.3. The minimum absolute atomic E-state index is 0.220. The van der Waals surface area contributed by atoms with Gasteiger partial charge in [0.25, 0.3) is 0 Å². The number of hydrogen-bond donors (Lipinski definition) is 2. The summed E-state index contributed by atoms with van der Waals surface area (Å²) in [4.78, 5) is 23.3. The van der Waals surface area contributed by atoms with Crippen LogP contribution < -0.4 is 0 Å². The van der Waals surface area contributed by atoms with Crippen molar-refractivity contribution < 1.29 is 29.3 Å². The molecule has 0 spiro atoms. The van der Waals surface area contributed by atoms with E-state index in [1.165, 1.54) is 0 Å². The molecule has 0 aromatic heterocycles. The van der Waals surface area contributed by atoms with Gasteiger partial charge >= 0.3 is 11.9 Å². The average molecular weight is 417 g/mol. The molecule has 0 heterocycles. The molecule has 0 rings (SSSR count). The van der Waals surface area contributed by atoms with Gasteiger partial charge in [-0.2, -0.15) is 0 Å². The number of carbonyl (C=O) groups is 2. The molecule has 29 heavy (non-hydrogen) atoms. The molecule has 2 atom stereocenters. The first-order chi connectivity index (χ1) is 14.0. The van der Waals surface area contributed by atoms with E-state index in [1.807, 2.05) is 0 Å². The van der Waals surface area contributed by atoms with Crippen LogP contribution in [-0.2, 0) is 19.1 Å². The maximum absolute atomic E-state index is 11.7. The van der Waals surface area contributed by atoms with Gasteiger partial charge in [-0.15, -0.1) is 0 Å². The van der Waals surface area contributed by atoms with Crippen LogP contribution in [0.25, 0.3) is 0 Å². The Balaban J connectivity index is 3.47. The first-order valence-corrected chi connectivity index (χ1v) is 11.7. The van der Waals surface area contributed by atoms with Crippen LogP contribution in [0.15, 0.2) is 0 Å². The molecule has 0 saturated heterocycles. The molecule has 0 amide bonds. The largest absolute Gasteiger partial charge is 0.466 e. The molecule has 6 heteroatoms. The first kappa shape index (κ1) is 27.9. The van der Waals surface area contributed by atoms with E-state index >= 15 is 0 Å². The highest BCUT2D eigenvalue weighted by atomic mass is 16.5. The van der Waals surface area contributed by atoms with Crippen LogP contribution >= 0.6 is 0 Å². The van der Waals surface area contributed by atoms with Crippen LogP contribution in [0.1, 0.15) is 110 Å². The van der Waals surface area contributed by atoms with E-state index in [9.17, 15) is 19.8 Å². The summed E-state index contributed by atoms with van der Waals surface area (Å²) in [6, 6.07) is 0. The summed E-state index contributed by atoms with van der Waals surface area (Å²) in [5.41, 5.74) is 0. The molecular formula is C23H44O6. The van der Waals surface area contributed by atoms with Crippen LogP contribution in [0.2, 0.25) is 0 Å². The predicted molar refractivity (Wildman–Crippen MR) is 115 cm³/mol. The molecule has 0 aliphatic heterocycles. The van der Waals surface area contributed by atoms with Crippen molar-refractivity contribution in [2.75, 3.05) is 13.2 Å². The van der Waals surface area contributed by atoms with Crippen molar-refractivity contribution in [3.8, 4) is 0 Å². The normalized spacial score (nSPS) is 13.1. The SMILES string of the molecule is CCCCC(O)CCCCOC(=O)CCCC(=O)OCCCCC(O)CCCC. The monoisotopic (exact) mass is 416 g/mol. The number of aliphatic hydroxyl groups is 2. The summed E-state index contributed by atoms with van der Waals surface area (Å²) in [6.07, 6.45) is 11.0. The van der Waals surface area contributed by atoms with Gasteiger partial charge in [-0.1, -0.05) is 39.5 Å². The zero-order valence-corrected chi connectivity index (χ0v) is 18.7. The molecule has 0 fully saturated rings. The minimum Gasteiger partial charge on any atom is -0.466 e. The van der Waals surface area contributed by atoms with E-state index in [-0.39, 0.29) is 37.0 Å². The molecule has 0 bridgehead atoms. The van der Waals surface area contributed by atoms with Crippen LogP contribution in [0.5, 0.6) is 0 Å². The van der Waals surface area contributed by atoms with E-state index in [0.717, 1.165) is 77.0 Å². The van der Waals surface area contributed by atoms with Crippen molar-refractivity contribution >= 4 is 11.9 Å². The van der Waals surface area contributed by atoms with Crippen molar-refractivity contribution in [3.05, 3.63) is 0 Å². The molecule has 2 unspecified atom stereocenters. The third kappa shape index (κ3) is 19.9. The third-order valence-electron chi connectivity index (χ3n) is 4.93. The number of carbonyl (C=O) groups excluding carboxylic acids is 2. The van der Waals surface area contributed by atoms with Gasteiger partial charge in [-0.3, -0.25) is 9.59 Å². The number of esters is 2. The van der Waals surface area contributed by atoms with Gasteiger partial charge in [0.1, 0.15) is 0 Å². The standard InChI is InChI=1S/C23H44O6/c1-3-5-12-20(24)14-7-9-18-28-22(26)16-11-17-23(27)29-19-10-8-15-21(25)13-6-4-2/h20-21,24-25H,3-19H2,1-2H3. The van der Waals surface area contributed by atoms with Crippen LogP contribution in [0, 0.1) is 0 Å². The summed E-state index contributed by atoms with van der Waals surface area (Å²) in [7, 11) is 0. The molecule has 0 aliphatic carbocycles. The second-order valence-corrected chi connectivity index (χ2v) is 7.88. The minimum atomic E-state index is -0.287. The van der Waals surface area contributed by atoms with Gasteiger partial charge in [-0.05, 0) is 57.8 Å². The van der Waals surface area contributed by atoms with E-state index in [2.05, 4.69) is 13.8 Å². The topological polar surface area (TPSA) is 93.1 Å². The van der Waals surface area contributed by atoms with E-state index in [4.69, 9.17) is 9.47 Å². The Kier molecular flexibility index (Phi) is 19.4. The van der Waals surface area contributed by atoms with E-state index in [0.29, 0.717) is 19.6 Å². The molecule has 0 aliphatic rings. The fourth-order valence-corrected chi connectivity index (χ4v) is 3.03. The van der Waals surface area contributed by atoms with Gasteiger partial charge in [-0.25, -0.2) is 0 Å². The van der Waals surface area contributed by atoms with Crippen molar-refractivity contribution in [2.45, 2.75) is 122 Å². The molecule has 0 aromatic carbocycles. The van der Waals surface area contributed by atoms with Crippen LogP contribution in [0.4, 0.5) is 0 Å². The number of hydrogen-bond acceptors (Lipinski definition) is 6. The first-order valence-electron chi connectivity index (χ1n) is 11.7. The van der Waals surface area contributed by atoms with Crippen LogP contribution in [0.3, 0.4) is 0 Å². The second kappa shape index (κ2) is 20.1. The van der Waals surface area contributed by atoms with Crippen molar-refractivity contribution in [1.82, 2.24) is 0 Å². The molecule has 2 N–H and O–H groups in total. The lowest BCUT2D eigenvalue weighted by molar-refractivity contribution is -0.145. The number of ether oxygens (including phenoxy) is 2. The third-order valence-corrected chi connectivity index (χ3v) is 4.93. The van der Waals surface area contributed by atoms with Crippen molar-refractivity contribution in [2.24, 2.45) is 0 Å².